The van der Waals surface area contributed by atoms with E-state index in [0.717, 1.165) is 42.4 Å². The van der Waals surface area contributed by atoms with Crippen LogP contribution in [0.4, 0.5) is 0 Å². The molecule has 1 saturated heterocycles. The van der Waals surface area contributed by atoms with Crippen LogP contribution in [0.3, 0.4) is 0 Å². The first-order valence-electron chi connectivity index (χ1n) is 5.33. The molecule has 0 amide bonds. The molecular formula is C10H17N3OS. The van der Waals surface area contributed by atoms with Crippen molar-refractivity contribution < 1.29 is 4.21 Å². The highest BCUT2D eigenvalue weighted by atomic mass is 32.2. The summed E-state index contributed by atoms with van der Waals surface area (Å²) >= 11 is 0. The average Bonchev–Trinajstić information content (AvgIpc) is 2.68. The van der Waals surface area contributed by atoms with Crippen LogP contribution in [0.2, 0.25) is 0 Å². The molecule has 0 atom stereocenters. The van der Waals surface area contributed by atoms with Gasteiger partial charge >= 0.3 is 0 Å². The van der Waals surface area contributed by atoms with Gasteiger partial charge in [0.05, 0.1) is 0 Å². The number of aromatic amines is 1. The van der Waals surface area contributed by atoms with Crippen molar-refractivity contribution in [1.82, 2.24) is 15.3 Å². The normalized spacial score (nSPS) is 26.7. The SMILES string of the molecule is CNCc1cnc(C2CCS(=O)CC2)[nH]1. The molecule has 0 aromatic carbocycles. The molecule has 1 fully saturated rings. The summed E-state index contributed by atoms with van der Waals surface area (Å²) in [7, 11) is 1.34. The number of hydrogen-bond donors (Lipinski definition) is 2. The first-order valence-corrected chi connectivity index (χ1v) is 6.81. The molecule has 0 bridgehead atoms. The van der Waals surface area contributed by atoms with Crippen LogP contribution in [0.25, 0.3) is 0 Å². The maximum Gasteiger partial charge on any atom is 0.109 e. The summed E-state index contributed by atoms with van der Waals surface area (Å²) in [6, 6.07) is 0. The van der Waals surface area contributed by atoms with Gasteiger partial charge in [0.1, 0.15) is 5.82 Å². The van der Waals surface area contributed by atoms with Crippen molar-refractivity contribution >= 4 is 10.8 Å². The molecule has 5 heteroatoms. The van der Waals surface area contributed by atoms with Gasteiger partial charge in [-0.1, -0.05) is 0 Å². The van der Waals surface area contributed by atoms with Crippen LogP contribution in [-0.2, 0) is 17.3 Å². The summed E-state index contributed by atoms with van der Waals surface area (Å²) in [6.07, 6.45) is 3.88. The number of aromatic nitrogens is 2. The fourth-order valence-electron chi connectivity index (χ4n) is 1.93. The highest BCUT2D eigenvalue weighted by molar-refractivity contribution is 7.85. The predicted molar refractivity (Wildman–Crippen MR) is 61.2 cm³/mol. The van der Waals surface area contributed by atoms with Gasteiger partial charge in [-0.05, 0) is 19.9 Å². The molecule has 2 heterocycles. The van der Waals surface area contributed by atoms with Gasteiger partial charge in [-0.2, -0.15) is 0 Å². The van der Waals surface area contributed by atoms with Crippen molar-refractivity contribution in [2.75, 3.05) is 18.6 Å². The molecular weight excluding hydrogens is 210 g/mol. The fourth-order valence-corrected chi connectivity index (χ4v) is 3.23. The van der Waals surface area contributed by atoms with Crippen molar-refractivity contribution in [3.8, 4) is 0 Å². The third kappa shape index (κ3) is 2.66. The summed E-state index contributed by atoms with van der Waals surface area (Å²) in [5.74, 6) is 3.20. The van der Waals surface area contributed by atoms with Gasteiger partial charge in [0.25, 0.3) is 0 Å². The van der Waals surface area contributed by atoms with Crippen LogP contribution in [0.15, 0.2) is 6.20 Å². The molecule has 4 nitrogen and oxygen atoms in total. The molecule has 2 rings (SSSR count). The molecule has 1 aliphatic rings. The monoisotopic (exact) mass is 227 g/mol. The Kier molecular flexibility index (Phi) is 3.53. The van der Waals surface area contributed by atoms with E-state index in [2.05, 4.69) is 15.3 Å². The Morgan fingerprint density at radius 3 is 3.00 bits per heavy atom. The molecule has 15 heavy (non-hydrogen) atoms. The second-order valence-corrected chi connectivity index (χ2v) is 5.64. The first-order chi connectivity index (χ1) is 7.29. The number of nitrogens with one attached hydrogen (secondary N) is 2. The predicted octanol–water partition coefficient (Wildman–Crippen LogP) is 0.755. The largest absolute Gasteiger partial charge is 0.345 e. The minimum Gasteiger partial charge on any atom is -0.345 e. The molecule has 0 unspecified atom stereocenters. The van der Waals surface area contributed by atoms with Crippen molar-refractivity contribution in [2.45, 2.75) is 25.3 Å². The van der Waals surface area contributed by atoms with Crippen LogP contribution >= 0.6 is 0 Å². The molecule has 0 saturated carbocycles. The van der Waals surface area contributed by atoms with Gasteiger partial charge < -0.3 is 10.3 Å². The summed E-state index contributed by atoms with van der Waals surface area (Å²) < 4.78 is 11.2. The van der Waals surface area contributed by atoms with E-state index in [-0.39, 0.29) is 0 Å². The second kappa shape index (κ2) is 4.90. The molecule has 0 spiro atoms. The molecule has 0 aliphatic carbocycles. The van der Waals surface area contributed by atoms with E-state index in [1.165, 1.54) is 0 Å². The molecule has 1 aromatic heterocycles. The van der Waals surface area contributed by atoms with Crippen molar-refractivity contribution in [3.05, 3.63) is 17.7 Å². The molecule has 1 aromatic rings. The van der Waals surface area contributed by atoms with E-state index in [9.17, 15) is 4.21 Å². The third-order valence-corrected chi connectivity index (χ3v) is 4.17. The van der Waals surface area contributed by atoms with E-state index < -0.39 is 10.8 Å². The van der Waals surface area contributed by atoms with Crippen molar-refractivity contribution in [1.29, 1.82) is 0 Å². The number of rotatable bonds is 3. The van der Waals surface area contributed by atoms with E-state index >= 15 is 0 Å². The lowest BCUT2D eigenvalue weighted by atomic mass is 10.0. The van der Waals surface area contributed by atoms with Crippen LogP contribution < -0.4 is 5.32 Å². The number of hydrogen-bond acceptors (Lipinski definition) is 3. The smallest absolute Gasteiger partial charge is 0.109 e. The maximum absolute atomic E-state index is 11.2. The number of H-pyrrole nitrogens is 1. The zero-order valence-corrected chi connectivity index (χ0v) is 9.77. The summed E-state index contributed by atoms with van der Waals surface area (Å²) in [6.45, 7) is 0.825. The first kappa shape index (κ1) is 10.8. The zero-order valence-electron chi connectivity index (χ0n) is 8.95. The topological polar surface area (TPSA) is 57.8 Å². The minimum atomic E-state index is -0.585. The highest BCUT2D eigenvalue weighted by Crippen LogP contribution is 2.25. The standard InChI is InChI=1S/C10H17N3OS/c1-11-6-9-7-12-10(13-9)8-2-4-15(14)5-3-8/h7-8,11H,2-6H2,1H3,(H,12,13). The van der Waals surface area contributed by atoms with E-state index in [4.69, 9.17) is 0 Å². The van der Waals surface area contributed by atoms with Gasteiger partial charge in [-0.3, -0.25) is 4.21 Å². The van der Waals surface area contributed by atoms with E-state index in [0.29, 0.717) is 5.92 Å². The third-order valence-electron chi connectivity index (χ3n) is 2.79. The van der Waals surface area contributed by atoms with Crippen LogP contribution in [0.5, 0.6) is 0 Å². The second-order valence-electron chi connectivity index (χ2n) is 3.95. The average molecular weight is 227 g/mol. The highest BCUT2D eigenvalue weighted by Gasteiger charge is 2.21. The van der Waals surface area contributed by atoms with Crippen LogP contribution in [0.1, 0.15) is 30.3 Å². The molecule has 0 radical (unpaired) electrons. The maximum atomic E-state index is 11.2. The Bertz CT molecular complexity index is 340. The lowest BCUT2D eigenvalue weighted by molar-refractivity contribution is 0.581. The molecule has 84 valence electrons. The van der Waals surface area contributed by atoms with Gasteiger partial charge in [-0.15, -0.1) is 0 Å². The van der Waals surface area contributed by atoms with Gasteiger partial charge in [-0.25, -0.2) is 4.98 Å². The lowest BCUT2D eigenvalue weighted by Gasteiger charge is -2.18. The van der Waals surface area contributed by atoms with Crippen molar-refractivity contribution in [3.63, 3.8) is 0 Å². The zero-order chi connectivity index (χ0) is 10.7. The summed E-state index contributed by atoms with van der Waals surface area (Å²) in [4.78, 5) is 7.72. The van der Waals surface area contributed by atoms with Gasteiger partial charge in [0.15, 0.2) is 0 Å². The van der Waals surface area contributed by atoms with Gasteiger partial charge in [0, 0.05) is 46.7 Å². The summed E-state index contributed by atoms with van der Waals surface area (Å²) in [5.41, 5.74) is 1.12. The Balaban J connectivity index is 1.99. The number of nitrogens with zero attached hydrogens (tertiary/aromatic N) is 1. The van der Waals surface area contributed by atoms with E-state index in [1.54, 1.807) is 0 Å². The van der Waals surface area contributed by atoms with E-state index in [1.807, 2.05) is 13.2 Å². The Morgan fingerprint density at radius 2 is 2.33 bits per heavy atom. The van der Waals surface area contributed by atoms with Crippen molar-refractivity contribution in [2.24, 2.45) is 0 Å². The molecule has 2 N–H and O–H groups in total. The number of imidazole rings is 1. The summed E-state index contributed by atoms with van der Waals surface area (Å²) in [5, 5.41) is 3.09. The lowest BCUT2D eigenvalue weighted by Crippen LogP contribution is -2.18. The molecule has 1 aliphatic heterocycles. The Hall–Kier alpha value is -0.680. The quantitative estimate of drug-likeness (QED) is 0.801. The Morgan fingerprint density at radius 1 is 1.60 bits per heavy atom. The fraction of sp³-hybridized carbons (Fsp3) is 0.700. The minimum absolute atomic E-state index is 0.480. The van der Waals surface area contributed by atoms with Crippen LogP contribution in [-0.4, -0.2) is 32.7 Å². The van der Waals surface area contributed by atoms with Crippen LogP contribution in [0, 0.1) is 0 Å². The van der Waals surface area contributed by atoms with Gasteiger partial charge in [0.2, 0.25) is 0 Å². The Labute approximate surface area is 92.3 Å².